The fraction of sp³-hybridized carbons (Fsp3) is 0.571. The van der Waals surface area contributed by atoms with Crippen LogP contribution in [0, 0.1) is 16.1 Å². The number of rotatable bonds is 6. The number of pyridine rings is 1. The molecule has 0 aliphatic heterocycles. The second kappa shape index (κ2) is 7.22. The Hall–Kier alpha value is -2.57. The molecule has 2 aromatic heterocycles. The molecule has 34 heavy (non-hydrogen) atoms. The molecular formula is C21H22F5N5O2S. The highest BCUT2D eigenvalue weighted by Crippen LogP contribution is 2.68. The number of hydrogen-bond donors (Lipinski definition) is 2. The van der Waals surface area contributed by atoms with Crippen LogP contribution in [0.2, 0.25) is 0 Å². The minimum Gasteiger partial charge on any atom is -0.320 e. The third-order valence-electron chi connectivity index (χ3n) is 6.81. The highest BCUT2D eigenvalue weighted by molar-refractivity contribution is 7.91. The van der Waals surface area contributed by atoms with Crippen LogP contribution in [0.15, 0.2) is 23.4 Å². The third kappa shape index (κ3) is 4.18. The summed E-state index contributed by atoms with van der Waals surface area (Å²) in [5.74, 6) is -4.71. The van der Waals surface area contributed by atoms with Gasteiger partial charge < -0.3 is 5.32 Å². The number of carbonyl (C=O) groups is 1. The summed E-state index contributed by atoms with van der Waals surface area (Å²) in [6, 6.07) is 2.46. The number of hydrogen-bond acceptors (Lipinski definition) is 5. The molecule has 5 rings (SSSR count). The Labute approximate surface area is 192 Å². The fourth-order valence-corrected chi connectivity index (χ4v) is 5.68. The number of alkyl halides is 5. The molecule has 0 spiro atoms. The summed E-state index contributed by atoms with van der Waals surface area (Å²) in [6.45, 7) is -0.192. The number of aromatic nitrogens is 3. The SMILES string of the molecule is CS(=N)(=O)c1cc(NC(=O)c2c(C(F)(F)F)c(C3CC3)nn2CC23CC2CC(F)(F)C3)ccn1. The lowest BCUT2D eigenvalue weighted by Gasteiger charge is -2.18. The van der Waals surface area contributed by atoms with Gasteiger partial charge in [-0.25, -0.2) is 22.8 Å². The lowest BCUT2D eigenvalue weighted by Crippen LogP contribution is -2.25. The number of carbonyl (C=O) groups excluding carboxylic acids is 1. The number of nitrogens with zero attached hydrogens (tertiary/aromatic N) is 3. The highest BCUT2D eigenvalue weighted by Gasteiger charge is 2.67. The zero-order chi connectivity index (χ0) is 24.7. The van der Waals surface area contributed by atoms with E-state index in [-0.39, 0.29) is 35.3 Å². The van der Waals surface area contributed by atoms with Gasteiger partial charge in [-0.15, -0.1) is 0 Å². The predicted octanol–water partition coefficient (Wildman–Crippen LogP) is 4.90. The number of halogens is 5. The predicted molar refractivity (Wildman–Crippen MR) is 111 cm³/mol. The maximum atomic E-state index is 14.1. The quantitative estimate of drug-likeness (QED) is 0.548. The monoisotopic (exact) mass is 503 g/mol. The Morgan fingerprint density at radius 2 is 2.03 bits per heavy atom. The Bertz CT molecular complexity index is 1280. The Kier molecular flexibility index (Phi) is 4.92. The van der Waals surface area contributed by atoms with E-state index in [0.717, 1.165) is 17.0 Å². The van der Waals surface area contributed by atoms with Gasteiger partial charge in [0.25, 0.3) is 5.91 Å². The van der Waals surface area contributed by atoms with Crippen molar-refractivity contribution in [3.05, 3.63) is 35.3 Å². The van der Waals surface area contributed by atoms with Crippen molar-refractivity contribution in [1.29, 1.82) is 4.78 Å². The second-order valence-electron chi connectivity index (χ2n) is 9.72. The summed E-state index contributed by atoms with van der Waals surface area (Å²) in [5.41, 5.74) is -2.93. The molecule has 7 nitrogen and oxygen atoms in total. The average molecular weight is 503 g/mol. The van der Waals surface area contributed by atoms with E-state index >= 15 is 0 Å². The first-order valence-electron chi connectivity index (χ1n) is 10.8. The first kappa shape index (κ1) is 23.2. The van der Waals surface area contributed by atoms with Crippen LogP contribution in [0.1, 0.15) is 59.8 Å². The van der Waals surface area contributed by atoms with Crippen LogP contribution in [0.5, 0.6) is 0 Å². The van der Waals surface area contributed by atoms with Crippen molar-refractivity contribution in [3.63, 3.8) is 0 Å². The third-order valence-corrected chi connectivity index (χ3v) is 7.83. The van der Waals surface area contributed by atoms with Gasteiger partial charge in [0.2, 0.25) is 5.92 Å². The molecule has 3 aliphatic carbocycles. The smallest absolute Gasteiger partial charge is 0.320 e. The van der Waals surface area contributed by atoms with Crippen LogP contribution < -0.4 is 5.32 Å². The largest absolute Gasteiger partial charge is 0.420 e. The first-order chi connectivity index (χ1) is 15.7. The summed E-state index contributed by atoms with van der Waals surface area (Å²) in [4.78, 5) is 17.0. The molecule has 3 saturated carbocycles. The molecule has 3 fully saturated rings. The van der Waals surface area contributed by atoms with Crippen molar-refractivity contribution < 1.29 is 31.0 Å². The van der Waals surface area contributed by atoms with Crippen LogP contribution >= 0.6 is 0 Å². The number of amides is 1. The van der Waals surface area contributed by atoms with Gasteiger partial charge in [0.15, 0.2) is 0 Å². The van der Waals surface area contributed by atoms with E-state index in [2.05, 4.69) is 15.4 Å². The second-order valence-corrected chi connectivity index (χ2v) is 11.8. The molecule has 1 amide bonds. The van der Waals surface area contributed by atoms with E-state index in [1.54, 1.807) is 0 Å². The van der Waals surface area contributed by atoms with E-state index in [9.17, 15) is 31.0 Å². The molecule has 184 valence electrons. The van der Waals surface area contributed by atoms with Crippen LogP contribution in [-0.4, -0.2) is 37.1 Å². The zero-order valence-corrected chi connectivity index (χ0v) is 18.9. The standard InChI is InChI=1S/C21H22F5N5O2S/c1-34(27,33)14-6-13(4-5-28-14)29-18(32)17-15(21(24,25)26)16(11-2-3-11)30-31(17)10-19-7-12(19)8-20(22,23)9-19/h4-6,11-12,27H,2-3,7-10H2,1H3,(H,28,29,32). The zero-order valence-electron chi connectivity index (χ0n) is 18.1. The minimum atomic E-state index is -4.87. The van der Waals surface area contributed by atoms with Crippen molar-refractivity contribution >= 4 is 21.3 Å². The molecule has 3 atom stereocenters. The normalized spacial score (nSPS) is 27.2. The molecule has 3 unspecified atom stereocenters. The molecule has 0 bridgehead atoms. The van der Waals surface area contributed by atoms with E-state index in [1.807, 2.05) is 0 Å². The van der Waals surface area contributed by atoms with Crippen molar-refractivity contribution in [2.45, 2.75) is 61.7 Å². The van der Waals surface area contributed by atoms with Gasteiger partial charge in [0, 0.05) is 43.4 Å². The lowest BCUT2D eigenvalue weighted by atomic mass is 10.0. The highest BCUT2D eigenvalue weighted by atomic mass is 32.2. The van der Waals surface area contributed by atoms with Crippen molar-refractivity contribution in [2.24, 2.45) is 11.3 Å². The van der Waals surface area contributed by atoms with E-state index in [0.29, 0.717) is 19.3 Å². The summed E-state index contributed by atoms with van der Waals surface area (Å²) in [6.07, 6.45) is -1.81. The van der Waals surface area contributed by atoms with Crippen molar-refractivity contribution in [3.8, 4) is 0 Å². The van der Waals surface area contributed by atoms with Crippen LogP contribution in [-0.2, 0) is 22.5 Å². The Morgan fingerprint density at radius 1 is 1.32 bits per heavy atom. The van der Waals surface area contributed by atoms with Gasteiger partial charge in [0.1, 0.15) is 16.3 Å². The summed E-state index contributed by atoms with van der Waals surface area (Å²) in [7, 11) is -3.22. The molecular weight excluding hydrogens is 481 g/mol. The lowest BCUT2D eigenvalue weighted by molar-refractivity contribution is -0.138. The van der Waals surface area contributed by atoms with E-state index in [4.69, 9.17) is 4.78 Å². The van der Waals surface area contributed by atoms with Crippen molar-refractivity contribution in [2.75, 3.05) is 11.6 Å². The summed E-state index contributed by atoms with van der Waals surface area (Å²) in [5, 5.41) is 6.37. The molecule has 13 heteroatoms. The molecule has 0 radical (unpaired) electrons. The van der Waals surface area contributed by atoms with Gasteiger partial charge >= 0.3 is 6.18 Å². The van der Waals surface area contributed by atoms with Gasteiger partial charge in [-0.05, 0) is 42.7 Å². The molecule has 3 aliphatic rings. The average Bonchev–Trinajstić information content (AvgIpc) is 3.57. The maximum Gasteiger partial charge on any atom is 0.420 e. The molecule has 2 aromatic rings. The van der Waals surface area contributed by atoms with Gasteiger partial charge in [-0.2, -0.15) is 18.3 Å². The number of fused-ring (bicyclic) bond motifs is 1. The fourth-order valence-electron chi connectivity index (χ4n) is 5.07. The topological polar surface area (TPSA) is 101 Å². The van der Waals surface area contributed by atoms with E-state index in [1.165, 1.54) is 12.3 Å². The van der Waals surface area contributed by atoms with Crippen LogP contribution in [0.3, 0.4) is 0 Å². The summed E-state index contributed by atoms with van der Waals surface area (Å²) < 4.78 is 90.9. The molecule has 2 N–H and O–H groups in total. The molecule has 2 heterocycles. The van der Waals surface area contributed by atoms with Gasteiger partial charge in [-0.1, -0.05) is 0 Å². The van der Waals surface area contributed by atoms with Gasteiger partial charge in [0.05, 0.1) is 15.4 Å². The maximum absolute atomic E-state index is 14.1. The summed E-state index contributed by atoms with van der Waals surface area (Å²) >= 11 is 0. The first-order valence-corrected chi connectivity index (χ1v) is 12.7. The number of nitrogens with one attached hydrogen (secondary N) is 2. The van der Waals surface area contributed by atoms with Crippen LogP contribution in [0.25, 0.3) is 0 Å². The Morgan fingerprint density at radius 3 is 2.59 bits per heavy atom. The molecule has 0 saturated heterocycles. The van der Waals surface area contributed by atoms with E-state index < -0.39 is 56.7 Å². The Balaban J connectivity index is 1.54. The van der Waals surface area contributed by atoms with Crippen molar-refractivity contribution in [1.82, 2.24) is 14.8 Å². The van der Waals surface area contributed by atoms with Gasteiger partial charge in [-0.3, -0.25) is 9.48 Å². The number of anilines is 1. The minimum absolute atomic E-state index is 0.0144. The van der Waals surface area contributed by atoms with Crippen LogP contribution in [0.4, 0.5) is 27.6 Å². The molecule has 0 aromatic carbocycles.